The lowest BCUT2D eigenvalue weighted by molar-refractivity contribution is 0.666. The van der Waals surface area contributed by atoms with Crippen LogP contribution in [0, 0.1) is 0 Å². The van der Waals surface area contributed by atoms with E-state index in [-0.39, 0.29) is 0 Å². The smallest absolute Gasteiger partial charge is 0.159 e. The first-order valence-corrected chi connectivity index (χ1v) is 18.8. The van der Waals surface area contributed by atoms with Crippen molar-refractivity contribution in [3.05, 3.63) is 193 Å². The molecule has 11 rings (SSSR count). The van der Waals surface area contributed by atoms with E-state index < -0.39 is 0 Å². The number of fused-ring (bicyclic) bond motifs is 9. The number of hydrogen-bond acceptors (Lipinski definition) is 4. The summed E-state index contributed by atoms with van der Waals surface area (Å²) in [5.41, 5.74) is 13.6. The Morgan fingerprint density at radius 1 is 0.500 bits per heavy atom. The molecule has 0 aliphatic carbocycles. The third-order valence-corrected chi connectivity index (χ3v) is 11.0. The van der Waals surface area contributed by atoms with Crippen LogP contribution < -0.4 is 0 Å². The first-order valence-electron chi connectivity index (χ1n) is 18.8. The molecule has 0 N–H and O–H groups in total. The van der Waals surface area contributed by atoms with Gasteiger partial charge in [0.05, 0.1) is 34.7 Å². The molecular weight excluding hydrogens is 687 g/mol. The van der Waals surface area contributed by atoms with E-state index in [0.717, 1.165) is 99.8 Å². The van der Waals surface area contributed by atoms with E-state index in [9.17, 15) is 0 Å². The predicted molar refractivity (Wildman–Crippen MR) is 232 cm³/mol. The van der Waals surface area contributed by atoms with Gasteiger partial charge in [-0.25, -0.2) is 0 Å². The molecule has 8 aromatic carbocycles. The Hall–Kier alpha value is -7.50. The molecule has 3 heterocycles. The molecule has 0 saturated heterocycles. The molecule has 56 heavy (non-hydrogen) atoms. The first-order chi connectivity index (χ1) is 27.7. The van der Waals surface area contributed by atoms with Gasteiger partial charge in [0.2, 0.25) is 0 Å². The normalized spacial score (nSPS) is 12.2. The van der Waals surface area contributed by atoms with Crippen molar-refractivity contribution < 1.29 is 8.83 Å². The molecule has 0 aliphatic rings. The highest BCUT2D eigenvalue weighted by Crippen LogP contribution is 2.41. The lowest BCUT2D eigenvalue weighted by atomic mass is 9.96. The number of rotatable bonds is 7. The third-order valence-electron chi connectivity index (χ3n) is 11.0. The van der Waals surface area contributed by atoms with Crippen LogP contribution >= 0.6 is 0 Å². The average molecular weight is 720 g/mol. The lowest BCUT2D eigenvalue weighted by Crippen LogP contribution is -2.05. The summed E-state index contributed by atoms with van der Waals surface area (Å²) in [5, 5.41) is 6.63. The number of benzene rings is 8. The highest BCUT2D eigenvalue weighted by molar-refractivity contribution is 6.26. The van der Waals surface area contributed by atoms with Crippen molar-refractivity contribution in [2.75, 3.05) is 0 Å². The van der Waals surface area contributed by atoms with E-state index in [1.807, 2.05) is 60.7 Å². The molecule has 3 aromatic heterocycles. The van der Waals surface area contributed by atoms with E-state index in [0.29, 0.717) is 6.54 Å². The van der Waals surface area contributed by atoms with Gasteiger partial charge in [-0.05, 0) is 78.0 Å². The molecule has 0 aliphatic heterocycles. The van der Waals surface area contributed by atoms with Crippen LogP contribution in [0.5, 0.6) is 0 Å². The molecule has 0 bridgehead atoms. The average Bonchev–Trinajstić information content (AvgIpc) is 3.94. The number of furan rings is 2. The fraction of sp³-hybridized carbons (Fsp3) is 0.0196. The molecule has 0 saturated carbocycles. The van der Waals surface area contributed by atoms with E-state index in [1.165, 1.54) is 10.8 Å². The van der Waals surface area contributed by atoms with Crippen LogP contribution in [0.3, 0.4) is 0 Å². The van der Waals surface area contributed by atoms with Crippen molar-refractivity contribution >= 4 is 83.8 Å². The minimum absolute atomic E-state index is 0.523. The van der Waals surface area contributed by atoms with Crippen LogP contribution in [-0.2, 0) is 6.54 Å². The van der Waals surface area contributed by atoms with Gasteiger partial charge in [-0.1, -0.05) is 121 Å². The molecule has 0 amide bonds. The fourth-order valence-corrected chi connectivity index (χ4v) is 8.40. The van der Waals surface area contributed by atoms with Crippen molar-refractivity contribution in [2.45, 2.75) is 6.54 Å². The largest absolute Gasteiger partial charge is 0.456 e. The maximum Gasteiger partial charge on any atom is 0.159 e. The van der Waals surface area contributed by atoms with Gasteiger partial charge < -0.3 is 13.4 Å². The van der Waals surface area contributed by atoms with Gasteiger partial charge in [0.25, 0.3) is 0 Å². The Morgan fingerprint density at radius 3 is 2.05 bits per heavy atom. The van der Waals surface area contributed by atoms with Gasteiger partial charge in [-0.3, -0.25) is 9.98 Å². The zero-order valence-electron chi connectivity index (χ0n) is 30.3. The second kappa shape index (κ2) is 12.8. The minimum atomic E-state index is 0.523. The minimum Gasteiger partial charge on any atom is -0.456 e. The molecule has 0 spiro atoms. The van der Waals surface area contributed by atoms with Gasteiger partial charge in [0, 0.05) is 43.4 Å². The van der Waals surface area contributed by atoms with Crippen molar-refractivity contribution in [1.82, 2.24) is 4.57 Å². The van der Waals surface area contributed by atoms with Gasteiger partial charge in [-0.15, -0.1) is 0 Å². The molecule has 0 unspecified atom stereocenters. The number of nitrogens with zero attached hydrogens (tertiary/aromatic N) is 3. The molecule has 0 radical (unpaired) electrons. The second-order valence-corrected chi connectivity index (χ2v) is 14.2. The van der Waals surface area contributed by atoms with Crippen molar-refractivity contribution in [1.29, 1.82) is 0 Å². The maximum atomic E-state index is 6.89. The quantitative estimate of drug-likeness (QED) is 0.154. The lowest BCUT2D eigenvalue weighted by Gasteiger charge is -2.12. The summed E-state index contributed by atoms with van der Waals surface area (Å²) >= 11 is 0. The van der Waals surface area contributed by atoms with E-state index in [2.05, 4.69) is 132 Å². The Bertz CT molecular complexity index is 3360. The third kappa shape index (κ3) is 5.02. The van der Waals surface area contributed by atoms with E-state index in [4.69, 9.17) is 13.8 Å². The van der Waals surface area contributed by atoms with E-state index >= 15 is 0 Å². The van der Waals surface area contributed by atoms with Gasteiger partial charge in [0.1, 0.15) is 16.7 Å². The highest BCUT2D eigenvalue weighted by Gasteiger charge is 2.22. The summed E-state index contributed by atoms with van der Waals surface area (Å²) in [6.07, 6.45) is 0. The molecule has 0 fully saturated rings. The van der Waals surface area contributed by atoms with Crippen LogP contribution in [-0.4, -0.2) is 17.0 Å². The number of para-hydroxylation sites is 4. The SMILES string of the molecule is C=Nc1ccccc1/C(=N\Cc1ccccc1)c1cccc2oc3c(-n4c5ccccc5c5cc(-c6ccc7oc8ccccc8c7c6)ccc54)cccc3c12. The number of aliphatic imine (C=N–C) groups is 2. The summed E-state index contributed by atoms with van der Waals surface area (Å²) in [7, 11) is 0. The van der Waals surface area contributed by atoms with Crippen LogP contribution in [0.1, 0.15) is 16.7 Å². The zero-order valence-corrected chi connectivity index (χ0v) is 30.3. The standard InChI is InChI=1S/C51H33N3O2/c1-52-42-20-8-5-17-37(42)50(53-31-32-13-3-2-4-14-32)38-18-12-24-48-49(38)39-19-11-22-45(51(39)56-48)54-43-21-9-6-15-35(43)40-29-33(25-27-44(40)54)34-26-28-47-41(30-34)36-16-7-10-23-46(36)55-47/h2-30H,1,31H2/b53-50+. The van der Waals surface area contributed by atoms with Crippen LogP contribution in [0.15, 0.2) is 195 Å². The van der Waals surface area contributed by atoms with Gasteiger partial charge in [-0.2, -0.15) is 0 Å². The van der Waals surface area contributed by atoms with E-state index in [1.54, 1.807) is 0 Å². The molecule has 11 aromatic rings. The maximum absolute atomic E-state index is 6.89. The predicted octanol–water partition coefficient (Wildman–Crippen LogP) is 13.6. The summed E-state index contributed by atoms with van der Waals surface area (Å²) in [6, 6.07) is 61.2. The Labute approximate surface area is 322 Å². The molecule has 264 valence electrons. The fourth-order valence-electron chi connectivity index (χ4n) is 8.40. The summed E-state index contributed by atoms with van der Waals surface area (Å²) in [6.45, 7) is 4.41. The van der Waals surface area contributed by atoms with Crippen molar-refractivity contribution in [2.24, 2.45) is 9.98 Å². The number of hydrogen-bond donors (Lipinski definition) is 0. The van der Waals surface area contributed by atoms with Crippen molar-refractivity contribution in [3.8, 4) is 16.8 Å². The van der Waals surface area contributed by atoms with Gasteiger partial charge in [0.15, 0.2) is 5.58 Å². The Kier molecular flexibility index (Phi) is 7.32. The molecular formula is C51H33N3O2. The second-order valence-electron chi connectivity index (χ2n) is 14.2. The monoisotopic (exact) mass is 719 g/mol. The van der Waals surface area contributed by atoms with Crippen LogP contribution in [0.25, 0.3) is 82.5 Å². The Morgan fingerprint density at radius 2 is 1.16 bits per heavy atom. The zero-order chi connectivity index (χ0) is 37.2. The molecule has 5 nitrogen and oxygen atoms in total. The topological polar surface area (TPSA) is 55.9 Å². The van der Waals surface area contributed by atoms with Crippen LogP contribution in [0.4, 0.5) is 5.69 Å². The van der Waals surface area contributed by atoms with Gasteiger partial charge >= 0.3 is 0 Å². The molecule has 5 heteroatoms. The van der Waals surface area contributed by atoms with Crippen molar-refractivity contribution in [3.63, 3.8) is 0 Å². The number of aromatic nitrogens is 1. The highest BCUT2D eigenvalue weighted by atomic mass is 16.3. The first kappa shape index (κ1) is 32.0. The summed E-state index contributed by atoms with van der Waals surface area (Å²) in [4.78, 5) is 9.67. The van der Waals surface area contributed by atoms with Crippen LogP contribution in [0.2, 0.25) is 0 Å². The molecule has 0 atom stereocenters. The summed E-state index contributed by atoms with van der Waals surface area (Å²) in [5.74, 6) is 0. The summed E-state index contributed by atoms with van der Waals surface area (Å²) < 4.78 is 15.4. The Balaban J connectivity index is 1.11.